The van der Waals surface area contributed by atoms with Crippen LogP contribution in [-0.2, 0) is 11.2 Å². The first-order valence-corrected chi connectivity index (χ1v) is 7.59. The van der Waals surface area contributed by atoms with Crippen molar-refractivity contribution in [1.82, 2.24) is 14.9 Å². The molecule has 0 radical (unpaired) electrons. The van der Waals surface area contributed by atoms with Crippen molar-refractivity contribution in [2.75, 3.05) is 31.6 Å². The second kappa shape index (κ2) is 5.97. The molecule has 3 heterocycles. The maximum Gasteiger partial charge on any atom is 0.415 e. The van der Waals surface area contributed by atoms with E-state index in [4.69, 9.17) is 4.74 Å². The van der Waals surface area contributed by atoms with Gasteiger partial charge in [0.05, 0.1) is 24.6 Å². The van der Waals surface area contributed by atoms with Gasteiger partial charge in [-0.15, -0.1) is 0 Å². The van der Waals surface area contributed by atoms with Crippen molar-refractivity contribution in [2.45, 2.75) is 32.3 Å². The highest BCUT2D eigenvalue weighted by molar-refractivity contribution is 5.88. The van der Waals surface area contributed by atoms with Crippen molar-refractivity contribution in [1.29, 1.82) is 0 Å². The van der Waals surface area contributed by atoms with E-state index in [0.29, 0.717) is 18.3 Å². The van der Waals surface area contributed by atoms with Gasteiger partial charge in [-0.25, -0.2) is 9.78 Å². The minimum atomic E-state index is -0.333. The monoisotopic (exact) mass is 290 g/mol. The highest BCUT2D eigenvalue weighted by Gasteiger charge is 2.30. The first kappa shape index (κ1) is 14.3. The lowest BCUT2D eigenvalue weighted by Gasteiger charge is -2.28. The third kappa shape index (κ3) is 3.32. The minimum absolute atomic E-state index is 0.0850. The van der Waals surface area contributed by atoms with Gasteiger partial charge in [0, 0.05) is 0 Å². The zero-order valence-corrected chi connectivity index (χ0v) is 12.7. The van der Waals surface area contributed by atoms with Crippen LogP contribution in [0.4, 0.5) is 10.6 Å². The Kier molecular flexibility index (Phi) is 4.05. The number of ether oxygens (including phenoxy) is 1. The molecule has 0 spiro atoms. The summed E-state index contributed by atoms with van der Waals surface area (Å²) in [4.78, 5) is 24.4. The number of amides is 1. The lowest BCUT2D eigenvalue weighted by molar-refractivity contribution is 0.150. The molecule has 2 saturated heterocycles. The molecule has 2 aliphatic rings. The fourth-order valence-electron chi connectivity index (χ4n) is 2.95. The second-order valence-electron chi connectivity index (χ2n) is 6.12. The van der Waals surface area contributed by atoms with Gasteiger partial charge in [0.2, 0.25) is 0 Å². The van der Waals surface area contributed by atoms with Gasteiger partial charge < -0.3 is 9.64 Å². The molecule has 1 aromatic heterocycles. The number of carbonyl (C=O) groups excluding carboxylic acids is 1. The molecule has 0 aliphatic carbocycles. The van der Waals surface area contributed by atoms with Gasteiger partial charge in [-0.3, -0.25) is 9.88 Å². The van der Waals surface area contributed by atoms with Crippen LogP contribution in [-0.4, -0.2) is 53.7 Å². The van der Waals surface area contributed by atoms with E-state index in [9.17, 15) is 4.79 Å². The van der Waals surface area contributed by atoms with E-state index in [-0.39, 0.29) is 12.2 Å². The van der Waals surface area contributed by atoms with Gasteiger partial charge in [-0.2, -0.15) is 0 Å². The molecule has 114 valence electrons. The van der Waals surface area contributed by atoms with Gasteiger partial charge >= 0.3 is 6.09 Å². The van der Waals surface area contributed by atoms with Crippen molar-refractivity contribution in [3.8, 4) is 0 Å². The highest BCUT2D eigenvalue weighted by Crippen LogP contribution is 2.22. The van der Waals surface area contributed by atoms with Crippen LogP contribution in [0.25, 0.3) is 0 Å². The van der Waals surface area contributed by atoms with Crippen LogP contribution in [0.2, 0.25) is 0 Å². The number of nitrogens with zero attached hydrogens (tertiary/aromatic N) is 4. The molecule has 21 heavy (non-hydrogen) atoms. The molecule has 1 amide bonds. The first-order chi connectivity index (χ1) is 10.1. The third-order valence-electron chi connectivity index (χ3n) is 4.27. The number of rotatable bonds is 3. The summed E-state index contributed by atoms with van der Waals surface area (Å²) in [6, 6.07) is 0. The lowest BCUT2D eigenvalue weighted by Crippen LogP contribution is -2.31. The topological polar surface area (TPSA) is 58.6 Å². The summed E-state index contributed by atoms with van der Waals surface area (Å²) in [5.74, 6) is 1.27. The van der Waals surface area contributed by atoms with E-state index in [1.165, 1.54) is 17.7 Å². The molecular weight excluding hydrogens is 268 g/mol. The average Bonchev–Trinajstić information content (AvgIpc) is 2.81. The van der Waals surface area contributed by atoms with Crippen LogP contribution in [0.5, 0.6) is 0 Å². The van der Waals surface area contributed by atoms with Crippen LogP contribution in [0, 0.1) is 5.92 Å². The number of hydrogen-bond donors (Lipinski definition) is 0. The molecule has 1 unspecified atom stereocenters. The smallest absolute Gasteiger partial charge is 0.415 e. The average molecular weight is 290 g/mol. The second-order valence-corrected chi connectivity index (χ2v) is 6.12. The predicted octanol–water partition coefficient (Wildman–Crippen LogP) is 1.71. The van der Waals surface area contributed by atoms with Crippen LogP contribution < -0.4 is 4.90 Å². The molecule has 0 aromatic carbocycles. The Bertz CT molecular complexity index is 497. The van der Waals surface area contributed by atoms with Crippen LogP contribution in [0.3, 0.4) is 0 Å². The van der Waals surface area contributed by atoms with Gasteiger partial charge in [-0.05, 0) is 52.2 Å². The van der Waals surface area contributed by atoms with Gasteiger partial charge in [0.25, 0.3) is 0 Å². The number of aromatic nitrogens is 2. The zero-order chi connectivity index (χ0) is 14.8. The fraction of sp³-hybridized carbons (Fsp3) is 0.667. The first-order valence-electron chi connectivity index (χ1n) is 7.59. The van der Waals surface area contributed by atoms with Crippen LogP contribution >= 0.6 is 0 Å². The van der Waals surface area contributed by atoms with Crippen LogP contribution in [0.1, 0.15) is 25.5 Å². The number of carbonyl (C=O) groups is 1. The van der Waals surface area contributed by atoms with E-state index in [1.807, 2.05) is 6.92 Å². The molecule has 1 atom stereocenters. The molecule has 0 saturated carbocycles. The maximum absolute atomic E-state index is 11.6. The summed E-state index contributed by atoms with van der Waals surface area (Å²) in [5, 5.41) is 0. The Morgan fingerprint density at radius 2 is 2.05 bits per heavy atom. The normalized spacial score (nSPS) is 24.4. The Labute approximate surface area is 125 Å². The molecule has 0 bridgehead atoms. The fourth-order valence-corrected chi connectivity index (χ4v) is 2.95. The zero-order valence-electron chi connectivity index (χ0n) is 12.7. The number of piperidine rings is 1. The Morgan fingerprint density at radius 1 is 1.29 bits per heavy atom. The summed E-state index contributed by atoms with van der Waals surface area (Å²) in [6.07, 6.45) is 6.47. The number of anilines is 1. The van der Waals surface area contributed by atoms with E-state index >= 15 is 0 Å². The van der Waals surface area contributed by atoms with Gasteiger partial charge in [0.1, 0.15) is 6.10 Å². The molecule has 6 heteroatoms. The van der Waals surface area contributed by atoms with Crippen LogP contribution in [0.15, 0.2) is 12.4 Å². The van der Waals surface area contributed by atoms with Crippen molar-refractivity contribution >= 4 is 11.9 Å². The Morgan fingerprint density at radius 3 is 2.62 bits per heavy atom. The highest BCUT2D eigenvalue weighted by atomic mass is 16.6. The number of hydrogen-bond acceptors (Lipinski definition) is 5. The Hall–Kier alpha value is -1.69. The summed E-state index contributed by atoms with van der Waals surface area (Å²) in [7, 11) is 2.17. The van der Waals surface area contributed by atoms with E-state index in [0.717, 1.165) is 25.2 Å². The minimum Gasteiger partial charge on any atom is -0.444 e. The van der Waals surface area contributed by atoms with Crippen molar-refractivity contribution in [3.63, 3.8) is 0 Å². The molecule has 2 fully saturated rings. The Balaban J connectivity index is 1.60. The molecule has 1 aromatic rings. The standard InChI is InChI=1S/C15H22N4O2/c1-11-10-19(15(20)21-11)14-9-16-13(8-17-14)7-12-3-5-18(2)6-4-12/h8-9,11-12H,3-7,10H2,1-2H3. The predicted molar refractivity (Wildman–Crippen MR) is 79.2 cm³/mol. The molecule has 6 nitrogen and oxygen atoms in total. The molecule has 0 N–H and O–H groups in total. The SMILES string of the molecule is CC1CN(c2cnc(CC3CCN(C)CC3)cn2)C(=O)O1. The van der Waals surface area contributed by atoms with E-state index in [2.05, 4.69) is 21.9 Å². The van der Waals surface area contributed by atoms with Crippen molar-refractivity contribution in [3.05, 3.63) is 18.1 Å². The summed E-state index contributed by atoms with van der Waals surface area (Å²) in [6.45, 7) is 4.74. The van der Waals surface area contributed by atoms with Crippen molar-refractivity contribution < 1.29 is 9.53 Å². The summed E-state index contributed by atoms with van der Waals surface area (Å²) in [5.41, 5.74) is 1.01. The van der Waals surface area contributed by atoms with E-state index in [1.54, 1.807) is 12.4 Å². The summed E-state index contributed by atoms with van der Waals surface area (Å²) < 4.78 is 5.10. The van der Waals surface area contributed by atoms with E-state index < -0.39 is 0 Å². The van der Waals surface area contributed by atoms with Gasteiger partial charge in [0.15, 0.2) is 5.82 Å². The summed E-state index contributed by atoms with van der Waals surface area (Å²) >= 11 is 0. The lowest BCUT2D eigenvalue weighted by atomic mass is 9.92. The largest absolute Gasteiger partial charge is 0.444 e. The molecule has 3 rings (SSSR count). The number of cyclic esters (lactones) is 1. The maximum atomic E-state index is 11.6. The quantitative estimate of drug-likeness (QED) is 0.848. The molecule has 2 aliphatic heterocycles. The van der Waals surface area contributed by atoms with Gasteiger partial charge in [-0.1, -0.05) is 0 Å². The third-order valence-corrected chi connectivity index (χ3v) is 4.27. The molecular formula is C15H22N4O2. The van der Waals surface area contributed by atoms with Crippen molar-refractivity contribution in [2.24, 2.45) is 5.92 Å². The number of likely N-dealkylation sites (tertiary alicyclic amines) is 1.